The van der Waals surface area contributed by atoms with Crippen molar-refractivity contribution in [1.82, 2.24) is 0 Å². The molecule has 0 amide bonds. The highest BCUT2D eigenvalue weighted by atomic mass is 15.1. The first-order valence-corrected chi connectivity index (χ1v) is 9.27. The summed E-state index contributed by atoms with van der Waals surface area (Å²) in [6.45, 7) is 12.8. The van der Waals surface area contributed by atoms with Gasteiger partial charge in [0.25, 0.3) is 0 Å². The van der Waals surface area contributed by atoms with E-state index in [9.17, 15) is 0 Å². The molecule has 1 aliphatic heterocycles. The molecule has 0 spiro atoms. The largest absolute Gasteiger partial charge is 0.209 e. The lowest BCUT2D eigenvalue weighted by Crippen LogP contribution is -2.26. The molecule has 1 aliphatic rings. The summed E-state index contributed by atoms with van der Waals surface area (Å²) in [7, 11) is 0. The van der Waals surface area contributed by atoms with Crippen molar-refractivity contribution in [1.29, 1.82) is 0 Å². The zero-order chi connectivity index (χ0) is 16.2. The summed E-state index contributed by atoms with van der Waals surface area (Å²) >= 11 is 0. The predicted molar refractivity (Wildman–Crippen MR) is 97.7 cm³/mol. The Morgan fingerprint density at radius 2 is 1.64 bits per heavy atom. The van der Waals surface area contributed by atoms with E-state index in [0.29, 0.717) is 0 Å². The summed E-state index contributed by atoms with van der Waals surface area (Å²) in [5, 5.41) is 0. The molecule has 1 heterocycles. The number of nitrogens with zero attached hydrogens (tertiary/aromatic N) is 1. The van der Waals surface area contributed by atoms with E-state index in [2.05, 4.69) is 57.4 Å². The molecule has 0 atom stereocenters. The van der Waals surface area contributed by atoms with Crippen molar-refractivity contribution in [3.8, 4) is 0 Å². The summed E-state index contributed by atoms with van der Waals surface area (Å²) in [5.41, 5.74) is 6.21. The van der Waals surface area contributed by atoms with Crippen molar-refractivity contribution < 1.29 is 4.58 Å². The van der Waals surface area contributed by atoms with E-state index >= 15 is 0 Å². The highest BCUT2D eigenvalue weighted by Gasteiger charge is 2.42. The average Bonchev–Trinajstić information content (AvgIpc) is 2.69. The fraction of sp³-hybridized carbons (Fsp3) is 0.667. The summed E-state index contributed by atoms with van der Waals surface area (Å²) in [6, 6.07) is 7.21. The van der Waals surface area contributed by atoms with Gasteiger partial charge in [0.15, 0.2) is 5.71 Å². The second kappa shape index (κ2) is 7.44. The van der Waals surface area contributed by atoms with Gasteiger partial charge in [0, 0.05) is 25.0 Å². The second-order valence-corrected chi connectivity index (χ2v) is 7.38. The molecule has 0 fully saturated rings. The van der Waals surface area contributed by atoms with Crippen LogP contribution >= 0.6 is 0 Å². The number of rotatable bonds is 8. The van der Waals surface area contributed by atoms with Crippen LogP contribution in [0.1, 0.15) is 84.3 Å². The van der Waals surface area contributed by atoms with Crippen LogP contribution in [0.3, 0.4) is 0 Å². The fourth-order valence-electron chi connectivity index (χ4n) is 3.57. The van der Waals surface area contributed by atoms with E-state index in [1.54, 1.807) is 0 Å². The maximum Gasteiger partial charge on any atom is 0.209 e. The maximum atomic E-state index is 2.57. The van der Waals surface area contributed by atoms with Gasteiger partial charge in [-0.1, -0.05) is 39.2 Å². The van der Waals surface area contributed by atoms with Crippen LogP contribution in [0.15, 0.2) is 18.2 Å². The predicted octanol–water partition coefficient (Wildman–Crippen LogP) is 6.01. The second-order valence-electron chi connectivity index (χ2n) is 7.38. The Morgan fingerprint density at radius 3 is 2.32 bits per heavy atom. The van der Waals surface area contributed by atoms with E-state index in [4.69, 9.17) is 0 Å². The zero-order valence-electron chi connectivity index (χ0n) is 15.3. The molecule has 0 aromatic heterocycles. The Morgan fingerprint density at radius 1 is 0.955 bits per heavy atom. The fourth-order valence-corrected chi connectivity index (χ4v) is 3.57. The highest BCUT2D eigenvalue weighted by molar-refractivity contribution is 5.93. The van der Waals surface area contributed by atoms with E-state index < -0.39 is 0 Å². The van der Waals surface area contributed by atoms with Gasteiger partial charge < -0.3 is 0 Å². The van der Waals surface area contributed by atoms with Crippen LogP contribution in [0.5, 0.6) is 0 Å². The lowest BCUT2D eigenvalue weighted by Gasteiger charge is -2.15. The third kappa shape index (κ3) is 3.45. The molecule has 0 N–H and O–H groups in total. The molecule has 1 nitrogen and oxygen atoms in total. The van der Waals surface area contributed by atoms with Crippen molar-refractivity contribution in [3.05, 3.63) is 29.3 Å². The minimum Gasteiger partial charge on any atom is -0.199 e. The van der Waals surface area contributed by atoms with Gasteiger partial charge >= 0.3 is 0 Å². The van der Waals surface area contributed by atoms with Crippen LogP contribution < -0.4 is 0 Å². The van der Waals surface area contributed by atoms with Crippen molar-refractivity contribution in [2.24, 2.45) is 0 Å². The Bertz CT molecular complexity index is 537. The number of hydrogen-bond donors (Lipinski definition) is 0. The molecular weight excluding hydrogens is 266 g/mol. The van der Waals surface area contributed by atoms with Crippen LogP contribution in [0.2, 0.25) is 0 Å². The van der Waals surface area contributed by atoms with E-state index in [-0.39, 0.29) is 5.41 Å². The Balaban J connectivity index is 2.22. The van der Waals surface area contributed by atoms with Crippen LogP contribution in [0, 0.1) is 0 Å². The Hall–Kier alpha value is -1.11. The molecule has 0 saturated heterocycles. The molecule has 2 rings (SSSR count). The summed E-state index contributed by atoms with van der Waals surface area (Å²) < 4.78 is 2.57. The maximum absolute atomic E-state index is 2.57. The molecule has 1 heteroatoms. The quantitative estimate of drug-likeness (QED) is 0.409. The Labute approximate surface area is 137 Å². The average molecular weight is 301 g/mol. The van der Waals surface area contributed by atoms with E-state index in [1.807, 2.05) is 0 Å². The van der Waals surface area contributed by atoms with Crippen molar-refractivity contribution >= 4 is 11.4 Å². The van der Waals surface area contributed by atoms with E-state index in [0.717, 1.165) is 0 Å². The number of unbranched alkanes of at least 4 members (excludes halogenated alkanes) is 4. The molecule has 122 valence electrons. The van der Waals surface area contributed by atoms with Gasteiger partial charge in [-0.2, -0.15) is 4.58 Å². The van der Waals surface area contributed by atoms with Gasteiger partial charge in [-0.05, 0) is 44.7 Å². The van der Waals surface area contributed by atoms with Gasteiger partial charge in [0.1, 0.15) is 6.54 Å². The molecule has 1 aromatic rings. The number of hydrogen-bond acceptors (Lipinski definition) is 0. The third-order valence-electron chi connectivity index (χ3n) is 5.39. The van der Waals surface area contributed by atoms with Gasteiger partial charge in [-0.3, -0.25) is 0 Å². The van der Waals surface area contributed by atoms with Gasteiger partial charge in [0.05, 0.1) is 5.41 Å². The SMILES string of the molecule is CCCCCc1ccc2c(c1)C(C)(C)C(C)=[N+]2CCCCC. The monoisotopic (exact) mass is 300 g/mol. The van der Waals surface area contributed by atoms with Crippen molar-refractivity contribution in [3.63, 3.8) is 0 Å². The van der Waals surface area contributed by atoms with Crippen molar-refractivity contribution in [2.75, 3.05) is 6.54 Å². The summed E-state index contributed by atoms with van der Waals surface area (Å²) in [4.78, 5) is 0. The van der Waals surface area contributed by atoms with Gasteiger partial charge in [0.2, 0.25) is 5.69 Å². The van der Waals surface area contributed by atoms with Crippen molar-refractivity contribution in [2.45, 2.75) is 85.0 Å². The lowest BCUT2D eigenvalue weighted by molar-refractivity contribution is -0.439. The number of benzene rings is 1. The molecular formula is C21H34N+. The van der Waals surface area contributed by atoms with Crippen LogP contribution in [0.25, 0.3) is 0 Å². The first-order chi connectivity index (χ1) is 10.5. The minimum absolute atomic E-state index is 0.183. The van der Waals surface area contributed by atoms with Gasteiger partial charge in [-0.25, -0.2) is 0 Å². The Kier molecular flexibility index (Phi) is 5.83. The summed E-state index contributed by atoms with van der Waals surface area (Å²) in [6.07, 6.45) is 9.10. The number of aryl methyl sites for hydroxylation is 1. The first kappa shape index (κ1) is 17.2. The van der Waals surface area contributed by atoms with Crippen LogP contribution in [-0.4, -0.2) is 16.8 Å². The normalized spacial score (nSPS) is 16.2. The summed E-state index contributed by atoms with van der Waals surface area (Å²) in [5.74, 6) is 0. The van der Waals surface area contributed by atoms with Crippen LogP contribution in [-0.2, 0) is 11.8 Å². The molecule has 0 saturated carbocycles. The highest BCUT2D eigenvalue weighted by Crippen LogP contribution is 2.40. The number of fused-ring (bicyclic) bond motifs is 1. The topological polar surface area (TPSA) is 3.01 Å². The molecule has 0 aliphatic carbocycles. The molecule has 0 bridgehead atoms. The molecule has 22 heavy (non-hydrogen) atoms. The smallest absolute Gasteiger partial charge is 0.199 e. The van der Waals surface area contributed by atoms with Crippen LogP contribution in [0.4, 0.5) is 5.69 Å². The standard InChI is InChI=1S/C21H34N/c1-6-8-10-12-18-13-14-20-19(16-18)21(4,5)17(3)22(20)15-11-9-7-2/h13-14,16H,6-12,15H2,1-5H3/q+1. The minimum atomic E-state index is 0.183. The molecule has 1 aromatic carbocycles. The first-order valence-electron chi connectivity index (χ1n) is 9.27. The molecule has 0 unspecified atom stereocenters. The zero-order valence-corrected chi connectivity index (χ0v) is 15.3. The van der Waals surface area contributed by atoms with E-state index in [1.165, 1.54) is 74.0 Å². The molecule has 0 radical (unpaired) electrons. The lowest BCUT2D eigenvalue weighted by atomic mass is 9.81. The van der Waals surface area contributed by atoms with Gasteiger partial charge in [-0.15, -0.1) is 0 Å². The third-order valence-corrected chi connectivity index (χ3v) is 5.39.